The van der Waals surface area contributed by atoms with Gasteiger partial charge in [-0.05, 0) is 20.8 Å². The van der Waals surface area contributed by atoms with E-state index < -0.39 is 0 Å². The molecule has 0 amide bonds. The summed E-state index contributed by atoms with van der Waals surface area (Å²) in [6, 6.07) is 0.0306. The summed E-state index contributed by atoms with van der Waals surface area (Å²) in [5.74, 6) is 2.87. The Morgan fingerprint density at radius 2 is 1.89 bits per heavy atom. The minimum absolute atomic E-state index is 0.0306. The molecule has 0 spiro atoms. The van der Waals surface area contributed by atoms with Gasteiger partial charge in [-0.3, -0.25) is 0 Å². The third kappa shape index (κ3) is 3.56. The van der Waals surface area contributed by atoms with Gasteiger partial charge in [0.15, 0.2) is 0 Å². The number of nitrogens with zero attached hydrogens (tertiary/aromatic N) is 3. The molecule has 0 fully saturated rings. The number of anilines is 2. The van der Waals surface area contributed by atoms with Crippen LogP contribution in [0.4, 0.5) is 11.6 Å². The zero-order chi connectivity index (χ0) is 14.6. The summed E-state index contributed by atoms with van der Waals surface area (Å²) in [4.78, 5) is 11.2. The number of aliphatic hydroxyl groups excluding tert-OH is 1. The molecule has 1 aromatic rings. The predicted molar refractivity (Wildman–Crippen MR) is 80.0 cm³/mol. The molecular formula is C14H26N4O. The minimum Gasteiger partial charge on any atom is -0.394 e. The van der Waals surface area contributed by atoms with Crippen LogP contribution in [0.1, 0.15) is 45.0 Å². The molecule has 0 radical (unpaired) electrons. The van der Waals surface area contributed by atoms with Gasteiger partial charge in [0.25, 0.3) is 0 Å². The van der Waals surface area contributed by atoms with Crippen molar-refractivity contribution in [1.82, 2.24) is 9.97 Å². The van der Waals surface area contributed by atoms with Crippen molar-refractivity contribution < 1.29 is 5.11 Å². The standard InChI is InChI=1S/C14H26N4O/c1-7-15-13-11(5)14(18(6)10(4)8-19)17-12(16-13)9(2)3/h9-10,19H,7-8H2,1-6H3,(H,15,16,17). The Hall–Kier alpha value is -1.36. The lowest BCUT2D eigenvalue weighted by Gasteiger charge is -2.27. The highest BCUT2D eigenvalue weighted by atomic mass is 16.3. The molecule has 0 aliphatic heterocycles. The highest BCUT2D eigenvalue weighted by Gasteiger charge is 2.18. The lowest BCUT2D eigenvalue weighted by molar-refractivity contribution is 0.269. The van der Waals surface area contributed by atoms with Crippen LogP contribution in [0, 0.1) is 6.92 Å². The van der Waals surface area contributed by atoms with Gasteiger partial charge in [-0.2, -0.15) is 0 Å². The van der Waals surface area contributed by atoms with Gasteiger partial charge in [-0.1, -0.05) is 13.8 Å². The van der Waals surface area contributed by atoms with Crippen molar-refractivity contribution in [3.05, 3.63) is 11.4 Å². The maximum atomic E-state index is 9.31. The van der Waals surface area contributed by atoms with Crippen molar-refractivity contribution in [2.45, 2.75) is 46.6 Å². The van der Waals surface area contributed by atoms with E-state index in [9.17, 15) is 5.11 Å². The molecule has 19 heavy (non-hydrogen) atoms. The van der Waals surface area contributed by atoms with Crippen LogP contribution in [0.3, 0.4) is 0 Å². The Bertz CT molecular complexity index is 420. The molecule has 1 atom stereocenters. The Balaban J connectivity index is 3.28. The fraction of sp³-hybridized carbons (Fsp3) is 0.714. The predicted octanol–water partition coefficient (Wildman–Crippen LogP) is 2.16. The minimum atomic E-state index is 0.0306. The fourth-order valence-electron chi connectivity index (χ4n) is 1.79. The Morgan fingerprint density at radius 3 is 2.37 bits per heavy atom. The van der Waals surface area contributed by atoms with E-state index in [0.717, 1.165) is 29.6 Å². The maximum absolute atomic E-state index is 9.31. The Kier molecular flexibility index (Phi) is 5.54. The average Bonchev–Trinajstić information content (AvgIpc) is 2.39. The van der Waals surface area contributed by atoms with Gasteiger partial charge in [-0.15, -0.1) is 0 Å². The van der Waals surface area contributed by atoms with E-state index in [1.165, 1.54) is 0 Å². The molecular weight excluding hydrogens is 240 g/mol. The first-order valence-corrected chi connectivity index (χ1v) is 6.88. The van der Waals surface area contributed by atoms with Gasteiger partial charge in [0.2, 0.25) is 0 Å². The molecule has 1 rings (SSSR count). The van der Waals surface area contributed by atoms with Crippen LogP contribution in [0.5, 0.6) is 0 Å². The molecule has 0 saturated heterocycles. The smallest absolute Gasteiger partial charge is 0.137 e. The molecule has 0 aliphatic rings. The van der Waals surface area contributed by atoms with E-state index in [4.69, 9.17) is 0 Å². The SMILES string of the molecule is CCNc1nc(C(C)C)nc(N(C)C(C)CO)c1C. The maximum Gasteiger partial charge on any atom is 0.137 e. The first-order valence-electron chi connectivity index (χ1n) is 6.88. The zero-order valence-electron chi connectivity index (χ0n) is 12.9. The van der Waals surface area contributed by atoms with E-state index in [1.807, 2.05) is 25.8 Å². The summed E-state index contributed by atoms with van der Waals surface area (Å²) in [6.45, 7) is 11.1. The number of hydrogen-bond acceptors (Lipinski definition) is 5. The number of nitrogens with one attached hydrogen (secondary N) is 1. The van der Waals surface area contributed by atoms with Gasteiger partial charge in [-0.25, -0.2) is 9.97 Å². The van der Waals surface area contributed by atoms with Crippen molar-refractivity contribution in [1.29, 1.82) is 0 Å². The summed E-state index contributed by atoms with van der Waals surface area (Å²) < 4.78 is 0. The van der Waals surface area contributed by atoms with Crippen molar-refractivity contribution >= 4 is 11.6 Å². The van der Waals surface area contributed by atoms with Crippen LogP contribution < -0.4 is 10.2 Å². The lowest BCUT2D eigenvalue weighted by atomic mass is 10.2. The Morgan fingerprint density at radius 1 is 1.26 bits per heavy atom. The van der Waals surface area contributed by atoms with Gasteiger partial charge in [0, 0.05) is 25.1 Å². The molecule has 0 saturated carbocycles. The average molecular weight is 266 g/mol. The van der Waals surface area contributed by atoms with Crippen molar-refractivity contribution in [3.8, 4) is 0 Å². The van der Waals surface area contributed by atoms with Crippen molar-refractivity contribution in [2.24, 2.45) is 0 Å². The van der Waals surface area contributed by atoms with E-state index in [-0.39, 0.29) is 18.6 Å². The van der Waals surface area contributed by atoms with Crippen LogP contribution in [0.15, 0.2) is 0 Å². The number of likely N-dealkylation sites (N-methyl/N-ethyl adjacent to an activating group) is 1. The second kappa shape index (κ2) is 6.70. The third-order valence-corrected chi connectivity index (χ3v) is 3.26. The Labute approximate surface area is 116 Å². The summed E-state index contributed by atoms with van der Waals surface area (Å²) in [6.07, 6.45) is 0. The molecule has 5 heteroatoms. The lowest BCUT2D eigenvalue weighted by Crippen LogP contribution is -2.33. The quantitative estimate of drug-likeness (QED) is 0.826. The number of aliphatic hydroxyl groups is 1. The fourth-order valence-corrected chi connectivity index (χ4v) is 1.79. The van der Waals surface area contributed by atoms with Crippen molar-refractivity contribution in [2.75, 3.05) is 30.4 Å². The third-order valence-electron chi connectivity index (χ3n) is 3.26. The molecule has 2 N–H and O–H groups in total. The first kappa shape index (κ1) is 15.7. The molecule has 0 bridgehead atoms. The van der Waals surface area contributed by atoms with E-state index in [0.29, 0.717) is 0 Å². The topological polar surface area (TPSA) is 61.3 Å². The normalized spacial score (nSPS) is 12.6. The second-order valence-electron chi connectivity index (χ2n) is 5.21. The largest absolute Gasteiger partial charge is 0.394 e. The summed E-state index contributed by atoms with van der Waals surface area (Å²) in [5, 5.41) is 12.6. The second-order valence-corrected chi connectivity index (χ2v) is 5.21. The van der Waals surface area contributed by atoms with E-state index in [1.54, 1.807) is 0 Å². The molecule has 1 heterocycles. The van der Waals surface area contributed by atoms with E-state index >= 15 is 0 Å². The first-order chi connectivity index (χ1) is 8.92. The molecule has 5 nitrogen and oxygen atoms in total. The van der Waals surface area contributed by atoms with Crippen LogP contribution >= 0.6 is 0 Å². The molecule has 1 unspecified atom stereocenters. The molecule has 0 aromatic carbocycles. The van der Waals surface area contributed by atoms with Gasteiger partial charge >= 0.3 is 0 Å². The monoisotopic (exact) mass is 266 g/mol. The van der Waals surface area contributed by atoms with Gasteiger partial charge in [0.05, 0.1) is 12.6 Å². The van der Waals surface area contributed by atoms with Crippen LogP contribution in [0.2, 0.25) is 0 Å². The zero-order valence-corrected chi connectivity index (χ0v) is 12.9. The van der Waals surface area contributed by atoms with Gasteiger partial charge in [0.1, 0.15) is 17.5 Å². The molecule has 108 valence electrons. The van der Waals surface area contributed by atoms with E-state index in [2.05, 4.69) is 36.1 Å². The number of aromatic nitrogens is 2. The highest BCUT2D eigenvalue weighted by molar-refractivity contribution is 5.59. The van der Waals surface area contributed by atoms with Crippen molar-refractivity contribution in [3.63, 3.8) is 0 Å². The summed E-state index contributed by atoms with van der Waals surface area (Å²) in [7, 11) is 1.95. The summed E-state index contributed by atoms with van der Waals surface area (Å²) >= 11 is 0. The van der Waals surface area contributed by atoms with Gasteiger partial charge < -0.3 is 15.3 Å². The number of hydrogen-bond donors (Lipinski definition) is 2. The molecule has 1 aromatic heterocycles. The number of rotatable bonds is 6. The van der Waals surface area contributed by atoms with Crippen LogP contribution in [-0.2, 0) is 0 Å². The molecule has 0 aliphatic carbocycles. The van der Waals surface area contributed by atoms with Crippen LogP contribution in [-0.4, -0.2) is 41.3 Å². The highest BCUT2D eigenvalue weighted by Crippen LogP contribution is 2.26. The summed E-state index contributed by atoms with van der Waals surface area (Å²) in [5.41, 5.74) is 1.02. The van der Waals surface area contributed by atoms with Crippen LogP contribution in [0.25, 0.3) is 0 Å².